The number of methoxy groups -OCH3 is 1. The van der Waals surface area contributed by atoms with Crippen LogP contribution in [0.25, 0.3) is 0 Å². The summed E-state index contributed by atoms with van der Waals surface area (Å²) in [6.07, 6.45) is 1.98. The van der Waals surface area contributed by atoms with Gasteiger partial charge in [0, 0.05) is 6.54 Å². The summed E-state index contributed by atoms with van der Waals surface area (Å²) < 4.78 is 4.93. The average molecular weight is 308 g/mol. The van der Waals surface area contributed by atoms with E-state index in [4.69, 9.17) is 21.4 Å². The predicted molar refractivity (Wildman–Crippen MR) is 79.2 cm³/mol. The van der Waals surface area contributed by atoms with Gasteiger partial charge in [-0.25, -0.2) is 9.78 Å². The molecule has 21 heavy (non-hydrogen) atoms. The molecule has 0 amide bonds. The van der Waals surface area contributed by atoms with E-state index in [0.29, 0.717) is 29.4 Å². The van der Waals surface area contributed by atoms with Gasteiger partial charge in [0.15, 0.2) is 5.82 Å². The zero-order valence-corrected chi connectivity index (χ0v) is 12.1. The molecule has 0 aliphatic heterocycles. The SMILES string of the molecule is COc1ncc(Cl)c(NCCc2ccccc2C(=O)O)n1. The second-order valence-electron chi connectivity index (χ2n) is 4.19. The van der Waals surface area contributed by atoms with Gasteiger partial charge in [0.05, 0.1) is 18.9 Å². The van der Waals surface area contributed by atoms with Gasteiger partial charge >= 0.3 is 12.0 Å². The molecule has 6 nitrogen and oxygen atoms in total. The maximum absolute atomic E-state index is 11.1. The van der Waals surface area contributed by atoms with Crippen molar-refractivity contribution in [2.75, 3.05) is 19.0 Å². The molecule has 1 aromatic carbocycles. The summed E-state index contributed by atoms with van der Waals surface area (Å²) in [4.78, 5) is 19.1. The Bertz CT molecular complexity index is 649. The lowest BCUT2D eigenvalue weighted by molar-refractivity contribution is 0.0695. The highest BCUT2D eigenvalue weighted by Gasteiger charge is 2.09. The number of carbonyl (C=O) groups is 1. The first-order valence-corrected chi connectivity index (χ1v) is 6.61. The third kappa shape index (κ3) is 3.82. The molecular formula is C14H14ClN3O3. The highest BCUT2D eigenvalue weighted by atomic mass is 35.5. The van der Waals surface area contributed by atoms with E-state index in [-0.39, 0.29) is 6.01 Å². The normalized spacial score (nSPS) is 10.2. The third-order valence-corrected chi connectivity index (χ3v) is 3.12. The molecule has 2 aromatic rings. The highest BCUT2D eigenvalue weighted by molar-refractivity contribution is 6.32. The van der Waals surface area contributed by atoms with Crippen LogP contribution in [0.1, 0.15) is 15.9 Å². The zero-order chi connectivity index (χ0) is 15.2. The van der Waals surface area contributed by atoms with E-state index < -0.39 is 5.97 Å². The van der Waals surface area contributed by atoms with Crippen LogP contribution < -0.4 is 10.1 Å². The van der Waals surface area contributed by atoms with Crippen molar-refractivity contribution in [2.24, 2.45) is 0 Å². The maximum Gasteiger partial charge on any atom is 0.335 e. The van der Waals surface area contributed by atoms with Crippen LogP contribution in [0.15, 0.2) is 30.5 Å². The molecule has 0 saturated heterocycles. The lowest BCUT2D eigenvalue weighted by Gasteiger charge is -2.09. The Morgan fingerprint density at radius 3 is 2.90 bits per heavy atom. The van der Waals surface area contributed by atoms with Gasteiger partial charge in [-0.2, -0.15) is 4.98 Å². The molecule has 0 atom stereocenters. The van der Waals surface area contributed by atoms with E-state index in [0.717, 1.165) is 5.56 Å². The van der Waals surface area contributed by atoms with Crippen molar-refractivity contribution < 1.29 is 14.6 Å². The van der Waals surface area contributed by atoms with Gasteiger partial charge in [-0.15, -0.1) is 0 Å². The van der Waals surface area contributed by atoms with E-state index in [9.17, 15) is 4.79 Å². The number of carboxylic acids is 1. The van der Waals surface area contributed by atoms with Crippen molar-refractivity contribution in [1.29, 1.82) is 0 Å². The first-order chi connectivity index (χ1) is 10.1. The van der Waals surface area contributed by atoms with Crippen LogP contribution in [0.4, 0.5) is 5.82 Å². The van der Waals surface area contributed by atoms with Crippen molar-refractivity contribution in [2.45, 2.75) is 6.42 Å². The molecule has 0 radical (unpaired) electrons. The number of rotatable bonds is 6. The molecule has 110 valence electrons. The third-order valence-electron chi connectivity index (χ3n) is 2.84. The van der Waals surface area contributed by atoms with Crippen molar-refractivity contribution in [3.63, 3.8) is 0 Å². The van der Waals surface area contributed by atoms with Gasteiger partial charge < -0.3 is 15.2 Å². The highest BCUT2D eigenvalue weighted by Crippen LogP contribution is 2.20. The van der Waals surface area contributed by atoms with Crippen LogP contribution in [0.5, 0.6) is 6.01 Å². The lowest BCUT2D eigenvalue weighted by atomic mass is 10.0. The van der Waals surface area contributed by atoms with Gasteiger partial charge in [0.1, 0.15) is 5.02 Å². The second kappa shape index (κ2) is 6.90. The number of carboxylic acid groups (broad SMARTS) is 1. The fourth-order valence-electron chi connectivity index (χ4n) is 1.84. The first kappa shape index (κ1) is 15.1. The number of aromatic nitrogens is 2. The fraction of sp³-hybridized carbons (Fsp3) is 0.214. The number of hydrogen-bond donors (Lipinski definition) is 2. The average Bonchev–Trinajstić information content (AvgIpc) is 2.49. The first-order valence-electron chi connectivity index (χ1n) is 6.23. The van der Waals surface area contributed by atoms with Crippen LogP contribution in [-0.4, -0.2) is 34.7 Å². The standard InChI is InChI=1S/C14H14ClN3O3/c1-21-14-17-8-11(15)12(18-14)16-7-6-9-4-2-3-5-10(9)13(19)20/h2-5,8H,6-7H2,1H3,(H,19,20)(H,16,17,18). The number of nitrogens with zero attached hydrogens (tertiary/aromatic N) is 2. The molecule has 7 heteroatoms. The second-order valence-corrected chi connectivity index (χ2v) is 4.60. The van der Waals surface area contributed by atoms with Crippen molar-refractivity contribution >= 4 is 23.4 Å². The van der Waals surface area contributed by atoms with Crippen LogP contribution in [-0.2, 0) is 6.42 Å². The number of halogens is 1. The van der Waals surface area contributed by atoms with Gasteiger partial charge in [-0.3, -0.25) is 0 Å². The summed E-state index contributed by atoms with van der Waals surface area (Å²) in [6.45, 7) is 0.490. The Morgan fingerprint density at radius 2 is 2.19 bits per heavy atom. The largest absolute Gasteiger partial charge is 0.478 e. The summed E-state index contributed by atoms with van der Waals surface area (Å²) in [7, 11) is 1.47. The summed E-state index contributed by atoms with van der Waals surface area (Å²) in [5.74, 6) is -0.483. The molecule has 0 unspecified atom stereocenters. The number of nitrogens with one attached hydrogen (secondary N) is 1. The molecule has 0 fully saturated rings. The van der Waals surface area contributed by atoms with E-state index in [1.807, 2.05) is 6.07 Å². The number of ether oxygens (including phenoxy) is 1. The van der Waals surface area contributed by atoms with Crippen molar-refractivity contribution in [3.05, 3.63) is 46.6 Å². The molecule has 0 bridgehead atoms. The minimum atomic E-state index is -0.938. The monoisotopic (exact) mass is 307 g/mol. The molecule has 2 N–H and O–H groups in total. The molecule has 0 aliphatic rings. The molecule has 1 heterocycles. The quantitative estimate of drug-likeness (QED) is 0.853. The Balaban J connectivity index is 2.03. The Labute approximate surface area is 126 Å². The zero-order valence-electron chi connectivity index (χ0n) is 11.3. The number of aromatic carboxylic acids is 1. The van der Waals surface area contributed by atoms with Crippen molar-refractivity contribution in [1.82, 2.24) is 9.97 Å². The summed E-state index contributed by atoms with van der Waals surface area (Å²) in [5, 5.41) is 12.5. The van der Waals surface area contributed by atoms with Gasteiger partial charge in [-0.1, -0.05) is 29.8 Å². The van der Waals surface area contributed by atoms with Crippen LogP contribution in [0.2, 0.25) is 5.02 Å². The smallest absolute Gasteiger partial charge is 0.335 e. The number of hydrogen-bond acceptors (Lipinski definition) is 5. The lowest BCUT2D eigenvalue weighted by Crippen LogP contribution is -2.10. The molecule has 0 saturated carbocycles. The van der Waals surface area contributed by atoms with E-state index in [1.165, 1.54) is 13.3 Å². The van der Waals surface area contributed by atoms with Crippen LogP contribution >= 0.6 is 11.6 Å². The van der Waals surface area contributed by atoms with E-state index in [2.05, 4.69) is 15.3 Å². The Morgan fingerprint density at radius 1 is 1.43 bits per heavy atom. The van der Waals surface area contributed by atoms with E-state index >= 15 is 0 Å². The molecule has 1 aromatic heterocycles. The number of benzene rings is 1. The molecule has 0 spiro atoms. The van der Waals surface area contributed by atoms with Gasteiger partial charge in [-0.05, 0) is 18.1 Å². The maximum atomic E-state index is 11.1. The fourth-order valence-corrected chi connectivity index (χ4v) is 1.99. The molecule has 2 rings (SSSR count). The summed E-state index contributed by atoms with van der Waals surface area (Å²) in [6, 6.07) is 7.09. The minimum Gasteiger partial charge on any atom is -0.478 e. The Hall–Kier alpha value is -2.34. The van der Waals surface area contributed by atoms with Gasteiger partial charge in [0.2, 0.25) is 0 Å². The van der Waals surface area contributed by atoms with Gasteiger partial charge in [0.25, 0.3) is 0 Å². The van der Waals surface area contributed by atoms with Crippen molar-refractivity contribution in [3.8, 4) is 6.01 Å². The predicted octanol–water partition coefficient (Wildman–Crippen LogP) is 2.49. The molecule has 0 aliphatic carbocycles. The van der Waals surface area contributed by atoms with Crippen LogP contribution in [0.3, 0.4) is 0 Å². The van der Waals surface area contributed by atoms with Crippen LogP contribution in [0, 0.1) is 0 Å². The topological polar surface area (TPSA) is 84.3 Å². The minimum absolute atomic E-state index is 0.216. The Kier molecular flexibility index (Phi) is 4.94. The summed E-state index contributed by atoms with van der Waals surface area (Å²) >= 11 is 5.98. The number of anilines is 1. The summed E-state index contributed by atoms with van der Waals surface area (Å²) in [5.41, 5.74) is 1.04. The van der Waals surface area contributed by atoms with E-state index in [1.54, 1.807) is 18.2 Å². The molecular weight excluding hydrogens is 294 g/mol.